The summed E-state index contributed by atoms with van der Waals surface area (Å²) in [6, 6.07) is 0. The predicted molar refractivity (Wildman–Crippen MR) is 116 cm³/mol. The van der Waals surface area contributed by atoms with E-state index in [1.165, 1.54) is 19.1 Å². The Hall–Kier alpha value is -1.54. The molecule has 0 aliphatic heterocycles. The standard InChI is InChI=1S/C24H30F2O5S/c1-5-19(29)31-24(20(30)32)12(2)8-14-15-10-17(25)16-9-13(27)6-7-21(16,3)23(15,26)18(28)11-22(14,24)4/h6-7,9,12,14-15,17-18,28H,5,8,10-11H2,1-4H3,(H,30,32)/t12-,14?,15?,17+,18+,21+,22?,23+,24+/m1/s1. The highest BCUT2D eigenvalue weighted by Crippen LogP contribution is 2.71. The lowest BCUT2D eigenvalue weighted by atomic mass is 9.44. The molecular weight excluding hydrogens is 438 g/mol. The summed E-state index contributed by atoms with van der Waals surface area (Å²) >= 11 is 4.09. The zero-order valence-electron chi connectivity index (χ0n) is 18.7. The van der Waals surface area contributed by atoms with Crippen LogP contribution in [0.4, 0.5) is 8.78 Å². The number of hydrogen-bond donors (Lipinski definition) is 2. The monoisotopic (exact) mass is 468 g/mol. The van der Waals surface area contributed by atoms with Crippen LogP contribution in [0.15, 0.2) is 23.8 Å². The number of thiol groups is 1. The van der Waals surface area contributed by atoms with Crippen LogP contribution in [-0.2, 0) is 19.1 Å². The number of carbonyl (C=O) groups excluding carboxylic acids is 3. The van der Waals surface area contributed by atoms with E-state index < -0.39 is 69.0 Å². The number of esters is 1. The lowest BCUT2D eigenvalue weighted by Crippen LogP contribution is -2.70. The molecule has 3 saturated carbocycles. The van der Waals surface area contributed by atoms with Gasteiger partial charge < -0.3 is 9.84 Å². The highest BCUT2D eigenvalue weighted by atomic mass is 32.1. The third kappa shape index (κ3) is 2.62. The van der Waals surface area contributed by atoms with Crippen LogP contribution in [0.25, 0.3) is 0 Å². The number of allylic oxidation sites excluding steroid dienone is 4. The summed E-state index contributed by atoms with van der Waals surface area (Å²) in [5, 5.41) is 10.7. The fraction of sp³-hybridized carbons (Fsp3) is 0.708. The number of rotatable bonds is 3. The van der Waals surface area contributed by atoms with Gasteiger partial charge in [-0.1, -0.05) is 26.8 Å². The molecular formula is C24H30F2O5S. The van der Waals surface area contributed by atoms with Gasteiger partial charge >= 0.3 is 5.97 Å². The van der Waals surface area contributed by atoms with Crippen LogP contribution in [0.3, 0.4) is 0 Å². The zero-order chi connectivity index (χ0) is 23.9. The number of hydrogen-bond acceptors (Lipinski definition) is 5. The smallest absolute Gasteiger partial charge is 0.306 e. The normalized spacial score (nSPS) is 49.6. The molecule has 32 heavy (non-hydrogen) atoms. The maximum absolute atomic E-state index is 17.1. The molecule has 176 valence electrons. The molecule has 0 aromatic heterocycles. The molecule has 0 aromatic carbocycles. The number of alkyl halides is 2. The average molecular weight is 469 g/mol. The van der Waals surface area contributed by atoms with Gasteiger partial charge in [0, 0.05) is 29.1 Å². The number of ether oxygens (including phenoxy) is 1. The topological polar surface area (TPSA) is 80.7 Å². The minimum absolute atomic E-state index is 0.0476. The Kier molecular flexibility index (Phi) is 5.33. The fourth-order valence-electron chi connectivity index (χ4n) is 7.49. The van der Waals surface area contributed by atoms with Gasteiger partial charge in [0.05, 0.1) is 6.10 Å². The number of aliphatic hydroxyl groups excluding tert-OH is 1. The molecule has 5 nitrogen and oxygen atoms in total. The van der Waals surface area contributed by atoms with Gasteiger partial charge in [0.15, 0.2) is 17.1 Å². The van der Waals surface area contributed by atoms with Crippen LogP contribution in [-0.4, -0.2) is 45.5 Å². The molecule has 3 fully saturated rings. The van der Waals surface area contributed by atoms with E-state index >= 15 is 8.78 Å². The molecule has 0 spiro atoms. The Morgan fingerprint density at radius 2 is 1.94 bits per heavy atom. The van der Waals surface area contributed by atoms with Crippen molar-refractivity contribution < 1.29 is 33.0 Å². The second kappa shape index (κ2) is 7.23. The van der Waals surface area contributed by atoms with Crippen LogP contribution in [0.1, 0.15) is 53.4 Å². The van der Waals surface area contributed by atoms with Gasteiger partial charge in [-0.25, -0.2) is 8.78 Å². The Morgan fingerprint density at radius 3 is 2.53 bits per heavy atom. The molecule has 0 aromatic rings. The van der Waals surface area contributed by atoms with Crippen molar-refractivity contribution in [3.8, 4) is 0 Å². The van der Waals surface area contributed by atoms with Crippen molar-refractivity contribution >= 4 is 29.5 Å². The van der Waals surface area contributed by atoms with E-state index in [9.17, 15) is 19.5 Å². The largest absolute Gasteiger partial charge is 0.449 e. The molecule has 4 aliphatic rings. The highest BCUT2D eigenvalue weighted by molar-refractivity contribution is 7.96. The first-order valence-corrected chi connectivity index (χ1v) is 11.7. The molecule has 0 radical (unpaired) electrons. The third-order valence-electron chi connectivity index (χ3n) is 9.05. The van der Waals surface area contributed by atoms with E-state index in [1.54, 1.807) is 20.8 Å². The molecule has 4 aliphatic carbocycles. The Labute approximate surface area is 192 Å². The average Bonchev–Trinajstić information content (AvgIpc) is 2.93. The summed E-state index contributed by atoms with van der Waals surface area (Å²) < 4.78 is 38.3. The second-order valence-corrected chi connectivity index (χ2v) is 10.8. The van der Waals surface area contributed by atoms with E-state index in [1.807, 2.05) is 0 Å². The van der Waals surface area contributed by atoms with Crippen molar-refractivity contribution in [3.63, 3.8) is 0 Å². The Bertz CT molecular complexity index is 949. The third-order valence-corrected chi connectivity index (χ3v) is 9.38. The van der Waals surface area contributed by atoms with Crippen LogP contribution >= 0.6 is 12.6 Å². The minimum Gasteiger partial charge on any atom is -0.449 e. The van der Waals surface area contributed by atoms with E-state index in [-0.39, 0.29) is 24.8 Å². The summed E-state index contributed by atoms with van der Waals surface area (Å²) in [6.45, 7) is 6.62. The molecule has 9 atom stereocenters. The number of ketones is 1. The van der Waals surface area contributed by atoms with Crippen LogP contribution in [0.2, 0.25) is 0 Å². The van der Waals surface area contributed by atoms with Gasteiger partial charge in [-0.3, -0.25) is 14.4 Å². The summed E-state index contributed by atoms with van der Waals surface area (Å²) in [5.41, 5.74) is -6.46. The molecule has 0 bridgehead atoms. The molecule has 0 heterocycles. The molecule has 1 N–H and O–H groups in total. The van der Waals surface area contributed by atoms with E-state index in [2.05, 4.69) is 12.6 Å². The van der Waals surface area contributed by atoms with Crippen molar-refractivity contribution in [2.75, 3.05) is 0 Å². The maximum atomic E-state index is 17.1. The first-order valence-electron chi connectivity index (χ1n) is 11.2. The van der Waals surface area contributed by atoms with Crippen molar-refractivity contribution in [1.82, 2.24) is 0 Å². The molecule has 0 amide bonds. The summed E-state index contributed by atoms with van der Waals surface area (Å²) in [7, 11) is 0. The van der Waals surface area contributed by atoms with Crippen molar-refractivity contribution in [2.24, 2.45) is 28.6 Å². The zero-order valence-corrected chi connectivity index (χ0v) is 19.6. The van der Waals surface area contributed by atoms with E-state index in [0.717, 1.165) is 6.08 Å². The minimum atomic E-state index is -2.24. The lowest BCUT2D eigenvalue weighted by Gasteiger charge is -2.63. The Morgan fingerprint density at radius 1 is 1.28 bits per heavy atom. The first-order chi connectivity index (χ1) is 14.8. The van der Waals surface area contributed by atoms with Crippen LogP contribution in [0.5, 0.6) is 0 Å². The molecule has 0 saturated heterocycles. The SMILES string of the molecule is CCC(=O)O[C@]1(C(=O)S)[C@H](C)CC2C3C[C@H](F)C4=CC(=O)C=C[C@]4(C)[C@@]3(F)[C@@H](O)CC21C. The van der Waals surface area contributed by atoms with E-state index in [0.29, 0.717) is 6.42 Å². The Balaban J connectivity index is 1.87. The predicted octanol–water partition coefficient (Wildman–Crippen LogP) is 3.70. The van der Waals surface area contributed by atoms with Crippen LogP contribution < -0.4 is 0 Å². The van der Waals surface area contributed by atoms with Gasteiger partial charge in [-0.05, 0) is 49.8 Å². The molecule has 3 unspecified atom stereocenters. The van der Waals surface area contributed by atoms with Crippen molar-refractivity contribution in [2.45, 2.75) is 76.9 Å². The van der Waals surface area contributed by atoms with Crippen molar-refractivity contribution in [3.05, 3.63) is 23.8 Å². The number of carbonyl (C=O) groups is 3. The highest BCUT2D eigenvalue weighted by Gasteiger charge is 2.77. The van der Waals surface area contributed by atoms with Crippen LogP contribution in [0, 0.1) is 28.6 Å². The molecule has 8 heteroatoms. The second-order valence-electron chi connectivity index (χ2n) is 10.4. The van der Waals surface area contributed by atoms with Gasteiger partial charge in [0.1, 0.15) is 6.17 Å². The van der Waals surface area contributed by atoms with Gasteiger partial charge in [0.25, 0.3) is 0 Å². The number of halogens is 2. The molecule has 4 rings (SSSR count). The number of aliphatic hydroxyl groups is 1. The van der Waals surface area contributed by atoms with Gasteiger partial charge in [-0.2, -0.15) is 0 Å². The summed E-state index contributed by atoms with van der Waals surface area (Å²) in [6.07, 6.45) is 0.619. The summed E-state index contributed by atoms with van der Waals surface area (Å²) in [5.74, 6) is -2.94. The lowest BCUT2D eigenvalue weighted by molar-refractivity contribution is -0.228. The maximum Gasteiger partial charge on any atom is 0.306 e. The quantitative estimate of drug-likeness (QED) is 0.488. The first kappa shape index (κ1) is 23.6. The van der Waals surface area contributed by atoms with Crippen molar-refractivity contribution in [1.29, 1.82) is 0 Å². The summed E-state index contributed by atoms with van der Waals surface area (Å²) in [4.78, 5) is 37.2. The van der Waals surface area contributed by atoms with Gasteiger partial charge in [-0.15, -0.1) is 12.6 Å². The van der Waals surface area contributed by atoms with Gasteiger partial charge in [0.2, 0.25) is 5.12 Å². The van der Waals surface area contributed by atoms with E-state index in [4.69, 9.17) is 4.74 Å². The fourth-order valence-corrected chi connectivity index (χ4v) is 8.01. The number of fused-ring (bicyclic) bond motifs is 5.